The molecule has 0 fully saturated rings. The molecular formula is C17H20N4O4. The normalized spacial score (nSPS) is 11.5. The highest BCUT2D eigenvalue weighted by atomic mass is 16.3. The second kappa shape index (κ2) is 8.11. The molecule has 0 saturated carbocycles. The molecule has 1 unspecified atom stereocenters. The molecule has 8 heteroatoms. The fourth-order valence-corrected chi connectivity index (χ4v) is 2.38. The number of hydrogen-bond donors (Lipinski definition) is 3. The van der Waals surface area contributed by atoms with E-state index in [0.29, 0.717) is 17.9 Å². The number of phenolic OH excluding ortho intramolecular Hbond substituents is 1. The zero-order chi connectivity index (χ0) is 18.4. The zero-order valence-corrected chi connectivity index (χ0v) is 13.9. The molecule has 1 aromatic carbocycles. The van der Waals surface area contributed by atoms with Crippen LogP contribution in [0.2, 0.25) is 0 Å². The second-order valence-electron chi connectivity index (χ2n) is 5.40. The number of rotatable bonds is 4. The average molecular weight is 344 g/mol. The third-order valence-corrected chi connectivity index (χ3v) is 3.68. The van der Waals surface area contributed by atoms with Crippen molar-refractivity contribution < 1.29 is 20.1 Å². The highest BCUT2D eigenvalue weighted by Gasteiger charge is 2.15. The Balaban J connectivity index is 0.000000701. The van der Waals surface area contributed by atoms with Crippen LogP contribution in [-0.2, 0) is 18.4 Å². The van der Waals surface area contributed by atoms with E-state index in [1.807, 2.05) is 35.5 Å². The number of aromatic hydroxyl groups is 1. The number of nitrogens with zero attached hydrogens (tertiary/aromatic N) is 4. The highest BCUT2D eigenvalue weighted by molar-refractivity contribution is 5.49. The topological polar surface area (TPSA) is 113 Å². The van der Waals surface area contributed by atoms with Gasteiger partial charge in [0.1, 0.15) is 17.3 Å². The summed E-state index contributed by atoms with van der Waals surface area (Å²) in [5.41, 5.74) is 1.44. The average Bonchev–Trinajstić information content (AvgIpc) is 3.15. The maximum Gasteiger partial charge on any atom is 0.290 e. The molecule has 25 heavy (non-hydrogen) atoms. The van der Waals surface area contributed by atoms with Crippen molar-refractivity contribution >= 4 is 6.47 Å². The molecule has 8 nitrogen and oxygen atoms in total. The van der Waals surface area contributed by atoms with Gasteiger partial charge in [-0.2, -0.15) is 0 Å². The van der Waals surface area contributed by atoms with E-state index in [0.717, 1.165) is 11.5 Å². The van der Waals surface area contributed by atoms with Crippen molar-refractivity contribution in [2.24, 2.45) is 7.05 Å². The number of aliphatic hydroxyl groups excluding tert-OH is 1. The van der Waals surface area contributed by atoms with Gasteiger partial charge in [-0.3, -0.25) is 4.79 Å². The largest absolute Gasteiger partial charge is 0.508 e. The molecule has 3 aromatic rings. The predicted molar refractivity (Wildman–Crippen MR) is 90.9 cm³/mol. The third-order valence-electron chi connectivity index (χ3n) is 3.68. The van der Waals surface area contributed by atoms with Crippen molar-refractivity contribution in [2.45, 2.75) is 19.6 Å². The lowest BCUT2D eigenvalue weighted by Gasteiger charge is -2.13. The van der Waals surface area contributed by atoms with Gasteiger partial charge in [0.2, 0.25) is 0 Å². The third kappa shape index (κ3) is 4.45. The van der Waals surface area contributed by atoms with Gasteiger partial charge in [0, 0.05) is 25.6 Å². The maximum atomic E-state index is 10.4. The smallest absolute Gasteiger partial charge is 0.290 e. The quantitative estimate of drug-likeness (QED) is 0.621. The van der Waals surface area contributed by atoms with Gasteiger partial charge in [-0.05, 0) is 24.6 Å². The minimum Gasteiger partial charge on any atom is -0.508 e. The summed E-state index contributed by atoms with van der Waals surface area (Å²) in [5.74, 6) is 1.75. The number of benzene rings is 1. The first-order valence-electron chi connectivity index (χ1n) is 7.52. The molecule has 1 atom stereocenters. The van der Waals surface area contributed by atoms with E-state index in [2.05, 4.69) is 9.97 Å². The van der Waals surface area contributed by atoms with E-state index in [1.54, 1.807) is 30.5 Å². The molecule has 3 N–H and O–H groups in total. The van der Waals surface area contributed by atoms with E-state index in [1.165, 1.54) is 0 Å². The summed E-state index contributed by atoms with van der Waals surface area (Å²) < 4.78 is 3.79. The van der Waals surface area contributed by atoms with Gasteiger partial charge in [0.05, 0.1) is 12.6 Å². The van der Waals surface area contributed by atoms with Crippen LogP contribution in [0, 0.1) is 6.92 Å². The summed E-state index contributed by atoms with van der Waals surface area (Å²) in [6.45, 7) is 2.02. The van der Waals surface area contributed by atoms with E-state index in [4.69, 9.17) is 9.90 Å². The zero-order valence-electron chi connectivity index (χ0n) is 13.9. The molecule has 0 radical (unpaired) electrons. The van der Waals surface area contributed by atoms with Crippen molar-refractivity contribution in [2.75, 3.05) is 0 Å². The molecular weight excluding hydrogens is 324 g/mol. The summed E-state index contributed by atoms with van der Waals surface area (Å²) >= 11 is 0. The van der Waals surface area contributed by atoms with Crippen molar-refractivity contribution in [1.29, 1.82) is 0 Å². The molecule has 0 bridgehead atoms. The van der Waals surface area contributed by atoms with Gasteiger partial charge in [0.15, 0.2) is 5.82 Å². The molecule has 0 aliphatic rings. The Bertz CT molecular complexity index is 821. The molecule has 0 spiro atoms. The van der Waals surface area contributed by atoms with E-state index < -0.39 is 6.10 Å². The van der Waals surface area contributed by atoms with Crippen LogP contribution in [-0.4, -0.2) is 40.9 Å². The van der Waals surface area contributed by atoms with Gasteiger partial charge in [0.25, 0.3) is 6.47 Å². The molecule has 0 saturated heterocycles. The Hall–Kier alpha value is -3.13. The number of phenols is 1. The van der Waals surface area contributed by atoms with Crippen LogP contribution in [0.4, 0.5) is 0 Å². The number of imidazole rings is 2. The van der Waals surface area contributed by atoms with Crippen LogP contribution in [0.3, 0.4) is 0 Å². The first kappa shape index (κ1) is 18.2. The Morgan fingerprint density at radius 2 is 2.08 bits per heavy atom. The van der Waals surface area contributed by atoms with E-state index in [-0.39, 0.29) is 12.2 Å². The molecule has 2 aromatic heterocycles. The lowest BCUT2D eigenvalue weighted by atomic mass is 10.1. The number of carbonyl (C=O) groups is 1. The molecule has 2 heterocycles. The minimum atomic E-state index is -0.732. The molecule has 0 aliphatic heterocycles. The minimum absolute atomic E-state index is 0.141. The summed E-state index contributed by atoms with van der Waals surface area (Å²) in [4.78, 5) is 17.2. The Kier molecular flexibility index (Phi) is 5.91. The van der Waals surface area contributed by atoms with E-state index in [9.17, 15) is 10.2 Å². The van der Waals surface area contributed by atoms with Crippen molar-refractivity contribution in [1.82, 2.24) is 19.1 Å². The summed E-state index contributed by atoms with van der Waals surface area (Å²) in [5, 5.41) is 26.8. The standard InChI is InChI=1S/C16H18N4O2.CH2O2/c1-11-18-14(9-19(11)2)16-17-6-7-20(16)10-15(22)12-4-3-5-13(21)8-12;2-1-3/h3-9,15,21-22H,10H2,1-2H3;1H,(H,2,3). The first-order valence-corrected chi connectivity index (χ1v) is 7.52. The number of hydrogen-bond acceptors (Lipinski definition) is 5. The maximum absolute atomic E-state index is 10.4. The molecule has 0 amide bonds. The lowest BCUT2D eigenvalue weighted by molar-refractivity contribution is -0.122. The Labute approximate surface area is 144 Å². The van der Waals surface area contributed by atoms with Gasteiger partial charge < -0.3 is 24.5 Å². The fourth-order valence-electron chi connectivity index (χ4n) is 2.38. The van der Waals surface area contributed by atoms with Crippen molar-refractivity contribution in [3.63, 3.8) is 0 Å². The Morgan fingerprint density at radius 3 is 2.68 bits per heavy atom. The van der Waals surface area contributed by atoms with Gasteiger partial charge in [-0.25, -0.2) is 9.97 Å². The number of aryl methyl sites for hydroxylation is 2. The monoisotopic (exact) mass is 344 g/mol. The summed E-state index contributed by atoms with van der Waals surface area (Å²) in [6, 6.07) is 6.64. The van der Waals surface area contributed by atoms with Gasteiger partial charge in [-0.15, -0.1) is 0 Å². The number of carboxylic acid groups (broad SMARTS) is 1. The molecule has 0 aliphatic carbocycles. The number of aliphatic hydroxyl groups is 1. The Morgan fingerprint density at radius 1 is 1.36 bits per heavy atom. The van der Waals surface area contributed by atoms with Crippen LogP contribution in [0.1, 0.15) is 17.5 Å². The van der Waals surface area contributed by atoms with Crippen LogP contribution in [0.15, 0.2) is 42.9 Å². The highest BCUT2D eigenvalue weighted by Crippen LogP contribution is 2.22. The molecule has 132 valence electrons. The number of aromatic nitrogens is 4. The second-order valence-corrected chi connectivity index (χ2v) is 5.40. The van der Waals surface area contributed by atoms with Gasteiger partial charge >= 0.3 is 0 Å². The van der Waals surface area contributed by atoms with Crippen LogP contribution in [0.25, 0.3) is 11.5 Å². The van der Waals surface area contributed by atoms with Gasteiger partial charge in [-0.1, -0.05) is 12.1 Å². The van der Waals surface area contributed by atoms with Crippen molar-refractivity contribution in [3.8, 4) is 17.3 Å². The first-order chi connectivity index (χ1) is 12.0. The fraction of sp³-hybridized carbons (Fsp3) is 0.235. The lowest BCUT2D eigenvalue weighted by Crippen LogP contribution is -2.09. The molecule has 3 rings (SSSR count). The predicted octanol–water partition coefficient (Wildman–Crippen LogP) is 1.73. The SMILES string of the molecule is Cc1nc(-c2nccn2CC(O)c2cccc(O)c2)cn1C.O=CO. The van der Waals surface area contributed by atoms with Crippen molar-refractivity contribution in [3.05, 3.63) is 54.2 Å². The summed E-state index contributed by atoms with van der Waals surface area (Å²) in [7, 11) is 1.93. The van der Waals surface area contributed by atoms with Crippen LogP contribution >= 0.6 is 0 Å². The van der Waals surface area contributed by atoms with Crippen LogP contribution in [0.5, 0.6) is 5.75 Å². The van der Waals surface area contributed by atoms with Crippen LogP contribution < -0.4 is 0 Å². The summed E-state index contributed by atoms with van der Waals surface area (Å²) in [6.07, 6.45) is 4.68. The van der Waals surface area contributed by atoms with E-state index >= 15 is 0 Å².